The minimum atomic E-state index is -1.18. The smallest absolute Gasteiger partial charge is 0.356 e. The number of nitro groups is 1. The number of carbonyl (C=O) groups is 1. The Morgan fingerprint density at radius 2 is 2.14 bits per heavy atom. The highest BCUT2D eigenvalue weighted by Crippen LogP contribution is 2.33. The summed E-state index contributed by atoms with van der Waals surface area (Å²) in [5.41, 5.74) is 0.0519. The zero-order chi connectivity index (χ0) is 15.7. The van der Waals surface area contributed by atoms with Crippen molar-refractivity contribution in [1.29, 1.82) is 0 Å². The predicted octanol–water partition coefficient (Wildman–Crippen LogP) is 2.21. The van der Waals surface area contributed by atoms with Crippen molar-refractivity contribution in [2.45, 2.75) is 13.5 Å². The molecule has 9 heteroatoms. The molecule has 0 amide bonds. The zero-order valence-corrected chi connectivity index (χ0v) is 11.5. The van der Waals surface area contributed by atoms with Gasteiger partial charge in [0.05, 0.1) is 11.5 Å². The van der Waals surface area contributed by atoms with Crippen molar-refractivity contribution in [1.82, 2.24) is 9.78 Å². The van der Waals surface area contributed by atoms with Gasteiger partial charge in [-0.3, -0.25) is 14.8 Å². The van der Waals surface area contributed by atoms with Gasteiger partial charge in [-0.1, -0.05) is 11.6 Å². The van der Waals surface area contributed by atoms with Crippen LogP contribution in [-0.4, -0.2) is 30.9 Å². The molecule has 21 heavy (non-hydrogen) atoms. The lowest BCUT2D eigenvalue weighted by molar-refractivity contribution is -0.385. The second-order valence-corrected chi connectivity index (χ2v) is 4.76. The molecule has 0 bridgehead atoms. The van der Waals surface area contributed by atoms with E-state index in [-0.39, 0.29) is 22.8 Å². The molecule has 1 aromatic heterocycles. The average Bonchev–Trinajstić information content (AvgIpc) is 2.75. The Morgan fingerprint density at radius 3 is 2.67 bits per heavy atom. The monoisotopic (exact) mass is 311 g/mol. The van der Waals surface area contributed by atoms with Crippen molar-refractivity contribution in [2.75, 3.05) is 0 Å². The Balaban J connectivity index is 2.44. The van der Waals surface area contributed by atoms with E-state index in [9.17, 15) is 20.0 Å². The molecule has 0 unspecified atom stereocenters. The molecule has 2 rings (SSSR count). The second kappa shape index (κ2) is 5.41. The van der Waals surface area contributed by atoms with Crippen LogP contribution >= 0.6 is 11.6 Å². The van der Waals surface area contributed by atoms with Crippen LogP contribution in [0.4, 0.5) is 5.69 Å². The maximum Gasteiger partial charge on any atom is 0.356 e. The van der Waals surface area contributed by atoms with Gasteiger partial charge in [0.2, 0.25) is 0 Å². The highest BCUT2D eigenvalue weighted by molar-refractivity contribution is 6.31. The number of carboxylic acids is 1. The van der Waals surface area contributed by atoms with Gasteiger partial charge in [0.1, 0.15) is 0 Å². The van der Waals surface area contributed by atoms with Crippen LogP contribution in [-0.2, 0) is 6.54 Å². The van der Waals surface area contributed by atoms with Crippen LogP contribution in [0.1, 0.15) is 21.7 Å². The van der Waals surface area contributed by atoms with Crippen molar-refractivity contribution in [2.24, 2.45) is 0 Å². The summed E-state index contributed by atoms with van der Waals surface area (Å²) in [6, 6.07) is 3.77. The molecular weight excluding hydrogens is 302 g/mol. The maximum absolute atomic E-state index is 10.8. The van der Waals surface area contributed by atoms with E-state index in [2.05, 4.69) is 5.10 Å². The summed E-state index contributed by atoms with van der Waals surface area (Å²) >= 11 is 5.79. The second-order valence-electron chi connectivity index (χ2n) is 4.32. The standard InChI is InChI=1S/C12H10ClN3O5/c1-6-2-9(12(18)19)14-15(6)5-7-3-8(13)4-10(11(7)17)16(20)21/h2-4,17H,5H2,1H3,(H,18,19). The Hall–Kier alpha value is -2.61. The molecule has 0 aliphatic carbocycles. The number of aromatic nitrogens is 2. The number of aromatic carboxylic acids is 1. The van der Waals surface area contributed by atoms with E-state index in [4.69, 9.17) is 16.7 Å². The van der Waals surface area contributed by atoms with Gasteiger partial charge < -0.3 is 10.2 Å². The lowest BCUT2D eigenvalue weighted by atomic mass is 10.1. The average molecular weight is 312 g/mol. The van der Waals surface area contributed by atoms with Gasteiger partial charge in [0.15, 0.2) is 11.4 Å². The molecule has 0 aliphatic rings. The normalized spacial score (nSPS) is 10.6. The summed E-state index contributed by atoms with van der Waals surface area (Å²) in [5, 5.41) is 33.5. The van der Waals surface area contributed by atoms with Crippen LogP contribution in [0, 0.1) is 17.0 Å². The van der Waals surface area contributed by atoms with Gasteiger partial charge in [-0.15, -0.1) is 0 Å². The third kappa shape index (κ3) is 2.95. The van der Waals surface area contributed by atoms with Gasteiger partial charge in [0.25, 0.3) is 0 Å². The van der Waals surface area contributed by atoms with E-state index in [1.54, 1.807) is 6.92 Å². The zero-order valence-electron chi connectivity index (χ0n) is 10.8. The number of rotatable bonds is 4. The number of halogens is 1. The third-order valence-electron chi connectivity index (χ3n) is 2.85. The lowest BCUT2D eigenvalue weighted by Crippen LogP contribution is -2.06. The molecule has 110 valence electrons. The Kier molecular flexibility index (Phi) is 3.81. The predicted molar refractivity (Wildman–Crippen MR) is 72.8 cm³/mol. The Morgan fingerprint density at radius 1 is 1.48 bits per heavy atom. The molecule has 8 nitrogen and oxygen atoms in total. The molecule has 0 saturated carbocycles. The van der Waals surface area contributed by atoms with Crippen molar-refractivity contribution >= 4 is 23.3 Å². The van der Waals surface area contributed by atoms with Gasteiger partial charge in [0, 0.05) is 22.3 Å². The van der Waals surface area contributed by atoms with E-state index < -0.39 is 22.3 Å². The van der Waals surface area contributed by atoms with Crippen molar-refractivity contribution < 1.29 is 19.9 Å². The summed E-state index contributed by atoms with van der Waals surface area (Å²) in [6.45, 7) is 1.60. The summed E-state index contributed by atoms with van der Waals surface area (Å²) in [4.78, 5) is 20.9. The number of phenolic OH excluding ortho intramolecular Hbond substituents is 1. The molecule has 0 radical (unpaired) electrons. The van der Waals surface area contributed by atoms with Crippen LogP contribution in [0.3, 0.4) is 0 Å². The summed E-state index contributed by atoms with van der Waals surface area (Å²) in [7, 11) is 0. The number of nitro benzene ring substituents is 1. The Labute approximate surface area is 123 Å². The molecule has 0 fully saturated rings. The fourth-order valence-electron chi connectivity index (χ4n) is 1.84. The largest absolute Gasteiger partial charge is 0.502 e. The van der Waals surface area contributed by atoms with Crippen molar-refractivity contribution in [3.8, 4) is 5.75 Å². The van der Waals surface area contributed by atoms with Crippen LogP contribution in [0.25, 0.3) is 0 Å². The van der Waals surface area contributed by atoms with E-state index in [0.29, 0.717) is 5.69 Å². The first-order valence-corrected chi connectivity index (χ1v) is 6.11. The summed E-state index contributed by atoms with van der Waals surface area (Å²) in [5.74, 6) is -1.70. The number of phenols is 1. The summed E-state index contributed by atoms with van der Waals surface area (Å²) < 4.78 is 1.32. The van der Waals surface area contributed by atoms with E-state index in [1.165, 1.54) is 16.8 Å². The molecule has 0 aliphatic heterocycles. The van der Waals surface area contributed by atoms with E-state index in [1.807, 2.05) is 0 Å². The van der Waals surface area contributed by atoms with Crippen molar-refractivity contribution in [3.63, 3.8) is 0 Å². The lowest BCUT2D eigenvalue weighted by Gasteiger charge is -2.08. The molecule has 0 saturated heterocycles. The van der Waals surface area contributed by atoms with Crippen LogP contribution in [0.5, 0.6) is 5.75 Å². The molecule has 1 aromatic carbocycles. The van der Waals surface area contributed by atoms with Crippen LogP contribution < -0.4 is 0 Å². The van der Waals surface area contributed by atoms with Crippen LogP contribution in [0.15, 0.2) is 18.2 Å². The quantitative estimate of drug-likeness (QED) is 0.660. The molecule has 1 heterocycles. The topological polar surface area (TPSA) is 118 Å². The molecule has 2 N–H and O–H groups in total. The first-order valence-electron chi connectivity index (χ1n) is 5.73. The van der Waals surface area contributed by atoms with E-state index in [0.717, 1.165) is 6.07 Å². The van der Waals surface area contributed by atoms with E-state index >= 15 is 0 Å². The van der Waals surface area contributed by atoms with Crippen LogP contribution in [0.2, 0.25) is 5.02 Å². The number of hydrogen-bond donors (Lipinski definition) is 2. The van der Waals surface area contributed by atoms with Crippen molar-refractivity contribution in [3.05, 3.63) is 50.3 Å². The first-order chi connectivity index (χ1) is 9.79. The SMILES string of the molecule is Cc1cc(C(=O)O)nn1Cc1cc(Cl)cc([N+](=O)[O-])c1O. The molecule has 0 spiro atoms. The number of carboxylic acid groups (broad SMARTS) is 1. The van der Waals surface area contributed by atoms with Gasteiger partial charge in [-0.25, -0.2) is 4.79 Å². The number of aryl methyl sites for hydroxylation is 1. The minimum Gasteiger partial charge on any atom is -0.502 e. The summed E-state index contributed by atoms with van der Waals surface area (Å²) in [6.07, 6.45) is 0. The van der Waals surface area contributed by atoms with Gasteiger partial charge >= 0.3 is 11.7 Å². The number of nitrogens with zero attached hydrogens (tertiary/aromatic N) is 3. The van der Waals surface area contributed by atoms with Gasteiger partial charge in [-0.2, -0.15) is 5.10 Å². The minimum absolute atomic E-state index is 0.0354. The first kappa shape index (κ1) is 14.8. The number of hydrogen-bond acceptors (Lipinski definition) is 5. The Bertz CT molecular complexity index is 741. The number of aromatic hydroxyl groups is 1. The van der Waals surface area contributed by atoms with Gasteiger partial charge in [-0.05, 0) is 19.1 Å². The molecular formula is C12H10ClN3O5. The fraction of sp³-hybridized carbons (Fsp3) is 0.167. The third-order valence-corrected chi connectivity index (χ3v) is 3.07. The number of benzene rings is 1. The molecule has 0 atom stereocenters. The maximum atomic E-state index is 10.8. The highest BCUT2D eigenvalue weighted by Gasteiger charge is 2.20. The molecule has 2 aromatic rings. The highest BCUT2D eigenvalue weighted by atomic mass is 35.5. The fourth-order valence-corrected chi connectivity index (χ4v) is 2.07.